The van der Waals surface area contributed by atoms with Gasteiger partial charge in [-0.05, 0) is 41.8 Å². The molecule has 2 nitrogen and oxygen atoms in total. The van der Waals surface area contributed by atoms with Crippen LogP contribution in [0, 0.1) is 6.92 Å². The van der Waals surface area contributed by atoms with Crippen molar-refractivity contribution in [1.29, 1.82) is 0 Å². The molecule has 0 aliphatic rings. The van der Waals surface area contributed by atoms with E-state index in [1.165, 1.54) is 0 Å². The Labute approximate surface area is 115 Å². The molecule has 0 aliphatic carbocycles. The number of aromatic carboxylic acids is 1. The number of benzene rings is 2. The molecule has 0 bridgehead atoms. The van der Waals surface area contributed by atoms with Crippen LogP contribution in [-0.4, -0.2) is 11.1 Å². The molecule has 18 heavy (non-hydrogen) atoms. The highest BCUT2D eigenvalue weighted by Crippen LogP contribution is 2.31. The van der Waals surface area contributed by atoms with Gasteiger partial charge < -0.3 is 5.11 Å². The Hall–Kier alpha value is -1.51. The molecule has 92 valence electrons. The van der Waals surface area contributed by atoms with Gasteiger partial charge in [-0.25, -0.2) is 4.79 Å². The van der Waals surface area contributed by atoms with Gasteiger partial charge in [-0.1, -0.05) is 41.4 Å². The average Bonchev–Trinajstić information content (AvgIpc) is 2.33. The summed E-state index contributed by atoms with van der Waals surface area (Å²) in [6.45, 7) is 1.78. The summed E-state index contributed by atoms with van der Waals surface area (Å²) in [4.78, 5) is 11.1. The minimum Gasteiger partial charge on any atom is -0.478 e. The van der Waals surface area contributed by atoms with Gasteiger partial charge in [0.1, 0.15) is 0 Å². The Morgan fingerprint density at radius 2 is 1.83 bits per heavy atom. The Balaban J connectivity index is 2.60. The van der Waals surface area contributed by atoms with Crippen LogP contribution in [-0.2, 0) is 0 Å². The van der Waals surface area contributed by atoms with Gasteiger partial charge in [0.05, 0.1) is 15.6 Å². The fourth-order valence-corrected chi connectivity index (χ4v) is 2.14. The van der Waals surface area contributed by atoms with E-state index in [1.807, 2.05) is 12.1 Å². The SMILES string of the molecule is Cc1c(C(=O)O)cccc1-c1ccc(Cl)c(Cl)c1. The third-order valence-corrected chi connectivity index (χ3v) is 3.53. The summed E-state index contributed by atoms with van der Waals surface area (Å²) in [5, 5.41) is 10.0. The van der Waals surface area contributed by atoms with E-state index in [0.717, 1.165) is 11.1 Å². The zero-order valence-corrected chi connectivity index (χ0v) is 11.1. The van der Waals surface area contributed by atoms with Crippen LogP contribution >= 0.6 is 23.2 Å². The van der Waals surface area contributed by atoms with E-state index in [-0.39, 0.29) is 0 Å². The average molecular weight is 281 g/mol. The molecule has 2 aromatic rings. The first-order valence-electron chi connectivity index (χ1n) is 5.29. The Kier molecular flexibility index (Phi) is 3.60. The molecule has 0 atom stereocenters. The van der Waals surface area contributed by atoms with E-state index in [4.69, 9.17) is 28.3 Å². The normalized spacial score (nSPS) is 10.4. The lowest BCUT2D eigenvalue weighted by Gasteiger charge is -2.09. The molecule has 0 radical (unpaired) electrons. The van der Waals surface area contributed by atoms with Gasteiger partial charge in [0.25, 0.3) is 0 Å². The second-order valence-electron chi connectivity index (χ2n) is 3.91. The summed E-state index contributed by atoms with van der Waals surface area (Å²) in [6, 6.07) is 10.4. The number of halogens is 2. The minimum atomic E-state index is -0.936. The van der Waals surface area contributed by atoms with Crippen molar-refractivity contribution in [3.05, 3.63) is 57.6 Å². The number of hydrogen-bond donors (Lipinski definition) is 1. The first-order valence-corrected chi connectivity index (χ1v) is 6.04. The van der Waals surface area contributed by atoms with Crippen LogP contribution in [0.2, 0.25) is 10.0 Å². The largest absolute Gasteiger partial charge is 0.478 e. The lowest BCUT2D eigenvalue weighted by atomic mass is 9.96. The van der Waals surface area contributed by atoms with Crippen LogP contribution < -0.4 is 0 Å². The van der Waals surface area contributed by atoms with Crippen LogP contribution in [0.1, 0.15) is 15.9 Å². The molecule has 0 saturated heterocycles. The monoisotopic (exact) mass is 280 g/mol. The standard InChI is InChI=1S/C14H10Cl2O2/c1-8-10(3-2-4-11(8)14(17)18)9-5-6-12(15)13(16)7-9/h2-7H,1H3,(H,17,18). The summed E-state index contributed by atoms with van der Waals surface area (Å²) in [5.41, 5.74) is 2.69. The van der Waals surface area contributed by atoms with Crippen LogP contribution in [0.25, 0.3) is 11.1 Å². The smallest absolute Gasteiger partial charge is 0.335 e. The number of hydrogen-bond acceptors (Lipinski definition) is 1. The van der Waals surface area contributed by atoms with Gasteiger partial charge >= 0.3 is 5.97 Å². The van der Waals surface area contributed by atoms with E-state index in [0.29, 0.717) is 21.2 Å². The molecule has 0 saturated carbocycles. The van der Waals surface area contributed by atoms with Gasteiger partial charge in [-0.15, -0.1) is 0 Å². The van der Waals surface area contributed by atoms with E-state index < -0.39 is 5.97 Å². The van der Waals surface area contributed by atoms with Gasteiger partial charge in [-0.2, -0.15) is 0 Å². The lowest BCUT2D eigenvalue weighted by Crippen LogP contribution is -2.00. The number of carboxylic acid groups (broad SMARTS) is 1. The van der Waals surface area contributed by atoms with Crippen molar-refractivity contribution >= 4 is 29.2 Å². The van der Waals surface area contributed by atoms with E-state index >= 15 is 0 Å². The molecule has 0 unspecified atom stereocenters. The zero-order chi connectivity index (χ0) is 13.3. The van der Waals surface area contributed by atoms with E-state index in [2.05, 4.69) is 0 Å². The van der Waals surface area contributed by atoms with Crippen molar-refractivity contribution in [1.82, 2.24) is 0 Å². The Morgan fingerprint density at radius 3 is 2.44 bits per heavy atom. The van der Waals surface area contributed by atoms with Crippen LogP contribution in [0.5, 0.6) is 0 Å². The predicted octanol–water partition coefficient (Wildman–Crippen LogP) is 4.67. The van der Waals surface area contributed by atoms with Crippen LogP contribution in [0.3, 0.4) is 0 Å². The molecule has 0 aromatic heterocycles. The highest BCUT2D eigenvalue weighted by atomic mass is 35.5. The predicted molar refractivity (Wildman–Crippen MR) is 73.6 cm³/mol. The molecule has 0 spiro atoms. The van der Waals surface area contributed by atoms with Crippen molar-refractivity contribution in [2.75, 3.05) is 0 Å². The number of rotatable bonds is 2. The summed E-state index contributed by atoms with van der Waals surface area (Å²) < 4.78 is 0. The van der Waals surface area contributed by atoms with Crippen molar-refractivity contribution in [2.24, 2.45) is 0 Å². The maximum atomic E-state index is 11.1. The highest BCUT2D eigenvalue weighted by Gasteiger charge is 2.11. The zero-order valence-electron chi connectivity index (χ0n) is 9.58. The highest BCUT2D eigenvalue weighted by molar-refractivity contribution is 6.42. The van der Waals surface area contributed by atoms with Crippen molar-refractivity contribution in [2.45, 2.75) is 6.92 Å². The first kappa shape index (κ1) is 12.9. The maximum Gasteiger partial charge on any atom is 0.335 e. The fraction of sp³-hybridized carbons (Fsp3) is 0.0714. The lowest BCUT2D eigenvalue weighted by molar-refractivity contribution is 0.0696. The summed E-state index contributed by atoms with van der Waals surface area (Å²) in [7, 11) is 0. The maximum absolute atomic E-state index is 11.1. The molecule has 0 aliphatic heterocycles. The number of carbonyl (C=O) groups is 1. The number of carboxylic acids is 1. The van der Waals surface area contributed by atoms with E-state index in [1.54, 1.807) is 31.2 Å². The molecule has 1 N–H and O–H groups in total. The molecular weight excluding hydrogens is 271 g/mol. The fourth-order valence-electron chi connectivity index (χ4n) is 1.84. The third-order valence-electron chi connectivity index (χ3n) is 2.79. The molecule has 0 amide bonds. The third kappa shape index (κ3) is 2.35. The van der Waals surface area contributed by atoms with Gasteiger partial charge in [0, 0.05) is 0 Å². The minimum absolute atomic E-state index is 0.290. The van der Waals surface area contributed by atoms with Crippen molar-refractivity contribution in [3.63, 3.8) is 0 Å². The van der Waals surface area contributed by atoms with Crippen molar-refractivity contribution < 1.29 is 9.90 Å². The Bertz CT molecular complexity index is 621. The van der Waals surface area contributed by atoms with Crippen LogP contribution in [0.4, 0.5) is 0 Å². The van der Waals surface area contributed by atoms with Gasteiger partial charge in [0.15, 0.2) is 0 Å². The molecule has 0 fully saturated rings. The molecule has 2 aromatic carbocycles. The molecule has 2 rings (SSSR count). The van der Waals surface area contributed by atoms with Gasteiger partial charge in [0.2, 0.25) is 0 Å². The topological polar surface area (TPSA) is 37.3 Å². The summed E-state index contributed by atoms with van der Waals surface area (Å²) >= 11 is 11.8. The second-order valence-corrected chi connectivity index (χ2v) is 4.73. The molecular formula is C14H10Cl2O2. The molecule has 4 heteroatoms. The van der Waals surface area contributed by atoms with E-state index in [9.17, 15) is 4.79 Å². The summed E-state index contributed by atoms with van der Waals surface area (Å²) in [5.74, 6) is -0.936. The summed E-state index contributed by atoms with van der Waals surface area (Å²) in [6.07, 6.45) is 0. The quantitative estimate of drug-likeness (QED) is 0.868. The second kappa shape index (κ2) is 5.01. The van der Waals surface area contributed by atoms with Crippen LogP contribution in [0.15, 0.2) is 36.4 Å². The van der Waals surface area contributed by atoms with Gasteiger partial charge in [-0.3, -0.25) is 0 Å². The van der Waals surface area contributed by atoms with Crippen molar-refractivity contribution in [3.8, 4) is 11.1 Å². The Morgan fingerprint density at radius 1 is 1.11 bits per heavy atom. The first-order chi connectivity index (χ1) is 8.50. The molecule has 0 heterocycles.